The van der Waals surface area contributed by atoms with Gasteiger partial charge in [-0.15, -0.1) is 0 Å². The number of aryl methyl sites for hydroxylation is 1. The van der Waals surface area contributed by atoms with Crippen molar-refractivity contribution >= 4 is 0 Å². The second kappa shape index (κ2) is 12.1. The molecule has 1 aliphatic rings. The van der Waals surface area contributed by atoms with Crippen LogP contribution < -0.4 is 0 Å². The second-order valence-corrected chi connectivity index (χ2v) is 9.05. The zero-order chi connectivity index (χ0) is 22.9. The topological polar surface area (TPSA) is 6.48 Å². The molecule has 4 rings (SSSR count). The minimum absolute atomic E-state index is 0.167. The lowest BCUT2D eigenvalue weighted by Crippen LogP contribution is -2.48. The number of rotatable bonds is 10. The van der Waals surface area contributed by atoms with Crippen LogP contribution >= 0.6 is 0 Å². The Balaban J connectivity index is 1.27. The lowest BCUT2D eigenvalue weighted by Gasteiger charge is -2.39. The summed E-state index contributed by atoms with van der Waals surface area (Å²) in [7, 11) is 0. The molecule has 1 fully saturated rings. The Kier molecular flexibility index (Phi) is 8.62. The molecule has 33 heavy (non-hydrogen) atoms. The molecule has 174 valence electrons. The molecular weight excluding hydrogens is 414 g/mol. The number of nitrogens with zero attached hydrogens (tertiary/aromatic N) is 2. The number of benzene rings is 3. The summed E-state index contributed by atoms with van der Waals surface area (Å²) in [5, 5.41) is 0. The fourth-order valence-corrected chi connectivity index (χ4v) is 4.79. The third-order valence-corrected chi connectivity index (χ3v) is 6.77. The molecule has 4 heteroatoms. The van der Waals surface area contributed by atoms with Crippen molar-refractivity contribution in [2.75, 3.05) is 32.7 Å². The zero-order valence-electron chi connectivity index (χ0n) is 19.3. The standard InChI is InChI=1S/C29H34F2N2/c30-27-14-10-24(11-15-27)6-4-5-9-29(26-7-2-1-3-8-26)33-22-20-32(21-23-33)19-18-25-12-16-28(31)17-13-25/h1-3,7-8,10-17,29H,4-6,9,18-23H2. The van der Waals surface area contributed by atoms with Gasteiger partial charge in [-0.1, -0.05) is 61.0 Å². The fraction of sp³-hybridized carbons (Fsp3) is 0.379. The molecule has 1 saturated heterocycles. The summed E-state index contributed by atoms with van der Waals surface area (Å²) in [5.74, 6) is -0.336. The first-order valence-corrected chi connectivity index (χ1v) is 12.2. The molecule has 0 aliphatic carbocycles. The highest BCUT2D eigenvalue weighted by Gasteiger charge is 2.24. The van der Waals surface area contributed by atoms with Crippen LogP contribution in [0.15, 0.2) is 78.9 Å². The van der Waals surface area contributed by atoms with Crippen LogP contribution in [-0.2, 0) is 12.8 Å². The third-order valence-electron chi connectivity index (χ3n) is 6.77. The summed E-state index contributed by atoms with van der Waals surface area (Å²) in [6.07, 6.45) is 5.37. The van der Waals surface area contributed by atoms with Crippen LogP contribution in [0, 0.1) is 11.6 Å². The Labute approximate surface area is 196 Å². The van der Waals surface area contributed by atoms with Crippen LogP contribution in [0.5, 0.6) is 0 Å². The van der Waals surface area contributed by atoms with Gasteiger partial charge in [-0.3, -0.25) is 4.90 Å². The molecule has 2 nitrogen and oxygen atoms in total. The minimum atomic E-state index is -0.169. The molecule has 0 spiro atoms. The second-order valence-electron chi connectivity index (χ2n) is 9.05. The van der Waals surface area contributed by atoms with E-state index in [-0.39, 0.29) is 11.6 Å². The monoisotopic (exact) mass is 448 g/mol. The average molecular weight is 449 g/mol. The van der Waals surface area contributed by atoms with Gasteiger partial charge in [0.15, 0.2) is 0 Å². The molecular formula is C29H34F2N2. The summed E-state index contributed by atoms with van der Waals surface area (Å²) in [6, 6.07) is 25.1. The Morgan fingerprint density at radius 1 is 0.636 bits per heavy atom. The maximum Gasteiger partial charge on any atom is 0.123 e. The number of unbranched alkanes of at least 4 members (excludes halogenated alkanes) is 1. The first-order valence-electron chi connectivity index (χ1n) is 12.2. The van der Waals surface area contributed by atoms with E-state index in [0.29, 0.717) is 6.04 Å². The summed E-state index contributed by atoms with van der Waals surface area (Å²) in [5.41, 5.74) is 3.81. The average Bonchev–Trinajstić information content (AvgIpc) is 2.86. The number of halogens is 2. The van der Waals surface area contributed by atoms with Crippen molar-refractivity contribution < 1.29 is 8.78 Å². The van der Waals surface area contributed by atoms with Gasteiger partial charge in [0.05, 0.1) is 0 Å². The smallest absolute Gasteiger partial charge is 0.123 e. The normalized spacial score (nSPS) is 16.1. The van der Waals surface area contributed by atoms with Crippen LogP contribution in [-0.4, -0.2) is 42.5 Å². The zero-order valence-corrected chi connectivity index (χ0v) is 19.3. The van der Waals surface area contributed by atoms with E-state index in [2.05, 4.69) is 40.1 Å². The molecule has 1 unspecified atom stereocenters. The fourth-order valence-electron chi connectivity index (χ4n) is 4.79. The van der Waals surface area contributed by atoms with Crippen LogP contribution in [0.1, 0.15) is 42.0 Å². The molecule has 1 atom stereocenters. The molecule has 0 N–H and O–H groups in total. The van der Waals surface area contributed by atoms with E-state index < -0.39 is 0 Å². The van der Waals surface area contributed by atoms with E-state index >= 15 is 0 Å². The Bertz CT molecular complexity index is 949. The summed E-state index contributed by atoms with van der Waals surface area (Å²) in [6.45, 7) is 5.30. The van der Waals surface area contributed by atoms with Crippen molar-refractivity contribution in [3.05, 3.63) is 107 Å². The summed E-state index contributed by atoms with van der Waals surface area (Å²) in [4.78, 5) is 5.16. The van der Waals surface area contributed by atoms with Gasteiger partial charge < -0.3 is 4.90 Å². The molecule has 0 saturated carbocycles. The molecule has 0 radical (unpaired) electrons. The molecule has 1 heterocycles. The highest BCUT2D eigenvalue weighted by Crippen LogP contribution is 2.28. The lowest BCUT2D eigenvalue weighted by molar-refractivity contribution is 0.0913. The van der Waals surface area contributed by atoms with E-state index in [0.717, 1.165) is 64.8 Å². The Morgan fingerprint density at radius 2 is 1.21 bits per heavy atom. The van der Waals surface area contributed by atoms with Crippen LogP contribution in [0.3, 0.4) is 0 Å². The highest BCUT2D eigenvalue weighted by atomic mass is 19.1. The van der Waals surface area contributed by atoms with E-state index in [1.807, 2.05) is 24.3 Å². The van der Waals surface area contributed by atoms with Gasteiger partial charge >= 0.3 is 0 Å². The largest absolute Gasteiger partial charge is 0.300 e. The van der Waals surface area contributed by atoms with Crippen LogP contribution in [0.4, 0.5) is 8.78 Å². The summed E-state index contributed by atoms with van der Waals surface area (Å²) >= 11 is 0. The number of piperazine rings is 1. The molecule has 1 aliphatic heterocycles. The predicted molar refractivity (Wildman–Crippen MR) is 131 cm³/mol. The van der Waals surface area contributed by atoms with Crippen LogP contribution in [0.2, 0.25) is 0 Å². The van der Waals surface area contributed by atoms with Gasteiger partial charge in [0.25, 0.3) is 0 Å². The maximum absolute atomic E-state index is 13.1. The van der Waals surface area contributed by atoms with E-state index in [1.165, 1.54) is 16.7 Å². The predicted octanol–water partition coefficient (Wildman–Crippen LogP) is 6.28. The van der Waals surface area contributed by atoms with E-state index in [9.17, 15) is 8.78 Å². The van der Waals surface area contributed by atoms with Crippen molar-refractivity contribution in [3.63, 3.8) is 0 Å². The molecule has 3 aromatic carbocycles. The van der Waals surface area contributed by atoms with Crippen molar-refractivity contribution in [2.24, 2.45) is 0 Å². The minimum Gasteiger partial charge on any atom is -0.300 e. The number of hydrogen-bond acceptors (Lipinski definition) is 2. The van der Waals surface area contributed by atoms with Crippen molar-refractivity contribution in [3.8, 4) is 0 Å². The van der Waals surface area contributed by atoms with Crippen molar-refractivity contribution in [2.45, 2.75) is 38.1 Å². The van der Waals surface area contributed by atoms with Crippen molar-refractivity contribution in [1.29, 1.82) is 0 Å². The number of hydrogen-bond donors (Lipinski definition) is 0. The van der Waals surface area contributed by atoms with Crippen LogP contribution in [0.25, 0.3) is 0 Å². The quantitative estimate of drug-likeness (QED) is 0.337. The van der Waals surface area contributed by atoms with E-state index in [4.69, 9.17) is 0 Å². The van der Waals surface area contributed by atoms with Gasteiger partial charge in [0, 0.05) is 38.8 Å². The van der Waals surface area contributed by atoms with E-state index in [1.54, 1.807) is 24.3 Å². The van der Waals surface area contributed by atoms with Gasteiger partial charge in [0.2, 0.25) is 0 Å². The Morgan fingerprint density at radius 3 is 1.82 bits per heavy atom. The first-order chi connectivity index (χ1) is 16.2. The Hall–Kier alpha value is -2.56. The van der Waals surface area contributed by atoms with Gasteiger partial charge in [0.1, 0.15) is 11.6 Å². The SMILES string of the molecule is Fc1ccc(CCCCC(c2ccccc2)N2CCN(CCc3ccc(F)cc3)CC2)cc1. The molecule has 0 bridgehead atoms. The molecule has 0 aromatic heterocycles. The highest BCUT2D eigenvalue weighted by molar-refractivity contribution is 5.20. The maximum atomic E-state index is 13.1. The molecule has 0 amide bonds. The third kappa shape index (κ3) is 7.21. The van der Waals surface area contributed by atoms with Crippen molar-refractivity contribution in [1.82, 2.24) is 9.80 Å². The van der Waals surface area contributed by atoms with Gasteiger partial charge in [-0.2, -0.15) is 0 Å². The lowest BCUT2D eigenvalue weighted by atomic mass is 9.97. The first kappa shape index (κ1) is 23.6. The van der Waals surface area contributed by atoms with Gasteiger partial charge in [-0.05, 0) is 66.6 Å². The van der Waals surface area contributed by atoms with Gasteiger partial charge in [-0.25, -0.2) is 8.78 Å². The summed E-state index contributed by atoms with van der Waals surface area (Å²) < 4.78 is 26.3. The molecule has 3 aromatic rings.